The first-order valence-electron chi connectivity index (χ1n) is 8.64. The van der Waals surface area contributed by atoms with Gasteiger partial charge in [0.15, 0.2) is 5.76 Å². The van der Waals surface area contributed by atoms with E-state index in [0.29, 0.717) is 11.3 Å². The van der Waals surface area contributed by atoms with Crippen LogP contribution in [0.1, 0.15) is 22.6 Å². The van der Waals surface area contributed by atoms with Crippen LogP contribution in [-0.2, 0) is 20.9 Å². The Morgan fingerprint density at radius 2 is 1.77 bits per heavy atom. The van der Waals surface area contributed by atoms with Crippen LogP contribution in [0.4, 0.5) is 18.9 Å². The minimum atomic E-state index is -4.55. The first kappa shape index (κ1) is 19.8. The van der Waals surface area contributed by atoms with Crippen molar-refractivity contribution < 1.29 is 26.3 Å². The number of fused-ring (bicyclic) bond motifs is 2. The molecule has 0 amide bonds. The van der Waals surface area contributed by atoms with Crippen LogP contribution in [0.2, 0.25) is 0 Å². The third kappa shape index (κ3) is 2.81. The van der Waals surface area contributed by atoms with Crippen LogP contribution in [0.15, 0.2) is 64.9 Å². The predicted octanol–water partition coefficient (Wildman–Crippen LogP) is 3.66. The SMILES string of the molecule is CN1c2ccccc2C2=C([C@@H](c3ccc(C(F)(F)F)cc3)C(C#N)=C(N)O2)S1(=O)=O. The highest BCUT2D eigenvalue weighted by Crippen LogP contribution is 2.50. The Balaban J connectivity index is 1.99. The van der Waals surface area contributed by atoms with E-state index in [4.69, 9.17) is 10.5 Å². The lowest BCUT2D eigenvalue weighted by Crippen LogP contribution is -2.37. The molecular formula is C20H14F3N3O3S. The average molecular weight is 433 g/mol. The van der Waals surface area contributed by atoms with Crippen molar-refractivity contribution in [3.63, 3.8) is 0 Å². The Labute approximate surface area is 170 Å². The molecule has 0 saturated carbocycles. The second kappa shape index (κ2) is 6.53. The maximum Gasteiger partial charge on any atom is 0.416 e. The van der Waals surface area contributed by atoms with Crippen LogP contribution in [0.25, 0.3) is 5.76 Å². The molecule has 6 nitrogen and oxygen atoms in total. The summed E-state index contributed by atoms with van der Waals surface area (Å²) in [5, 5.41) is 9.62. The summed E-state index contributed by atoms with van der Waals surface area (Å²) in [5.74, 6) is -1.54. The number of nitrogens with two attached hydrogens (primary N) is 1. The molecule has 0 saturated heterocycles. The van der Waals surface area contributed by atoms with Gasteiger partial charge in [0.2, 0.25) is 5.88 Å². The highest BCUT2D eigenvalue weighted by molar-refractivity contribution is 7.96. The van der Waals surface area contributed by atoms with Gasteiger partial charge in [-0.25, -0.2) is 8.42 Å². The molecule has 0 spiro atoms. The summed E-state index contributed by atoms with van der Waals surface area (Å²) in [4.78, 5) is -0.241. The fourth-order valence-corrected chi connectivity index (χ4v) is 5.24. The highest BCUT2D eigenvalue weighted by Gasteiger charge is 2.46. The number of hydrogen-bond donors (Lipinski definition) is 1. The van der Waals surface area contributed by atoms with Gasteiger partial charge in [-0.15, -0.1) is 0 Å². The number of benzene rings is 2. The summed E-state index contributed by atoms with van der Waals surface area (Å²) in [6.45, 7) is 0. The van der Waals surface area contributed by atoms with Gasteiger partial charge in [-0.3, -0.25) is 4.31 Å². The lowest BCUT2D eigenvalue weighted by Gasteiger charge is -2.36. The number of alkyl halides is 3. The fourth-order valence-electron chi connectivity index (χ4n) is 3.59. The third-order valence-electron chi connectivity index (χ3n) is 5.07. The van der Waals surface area contributed by atoms with E-state index in [1.54, 1.807) is 24.3 Å². The van der Waals surface area contributed by atoms with Gasteiger partial charge in [-0.1, -0.05) is 24.3 Å². The number of anilines is 1. The van der Waals surface area contributed by atoms with Gasteiger partial charge in [-0.05, 0) is 29.8 Å². The molecule has 2 aliphatic rings. The topological polar surface area (TPSA) is 96.4 Å². The summed E-state index contributed by atoms with van der Waals surface area (Å²) in [5.41, 5.74) is 5.81. The van der Waals surface area contributed by atoms with Crippen molar-refractivity contribution in [3.8, 4) is 6.07 Å². The first-order chi connectivity index (χ1) is 14.1. The van der Waals surface area contributed by atoms with Gasteiger partial charge < -0.3 is 10.5 Å². The van der Waals surface area contributed by atoms with Gasteiger partial charge in [0.1, 0.15) is 16.5 Å². The number of hydrogen-bond acceptors (Lipinski definition) is 5. The van der Waals surface area contributed by atoms with Crippen LogP contribution in [0.3, 0.4) is 0 Å². The number of sulfonamides is 1. The Bertz CT molecular complexity index is 1260. The molecule has 10 heteroatoms. The number of allylic oxidation sites excluding steroid dienone is 2. The van der Waals surface area contributed by atoms with E-state index in [1.165, 1.54) is 7.05 Å². The number of rotatable bonds is 1. The first-order valence-corrected chi connectivity index (χ1v) is 10.1. The Morgan fingerprint density at radius 3 is 2.37 bits per heavy atom. The zero-order valence-electron chi connectivity index (χ0n) is 15.4. The van der Waals surface area contributed by atoms with Crippen LogP contribution in [-0.4, -0.2) is 15.5 Å². The molecule has 2 aliphatic heterocycles. The number of nitriles is 1. The standard InChI is InChI=1S/C20H14F3N3O3S/c1-26-15-5-3-2-4-13(15)17-18(30(26,27)28)16(14(10-24)19(25)29-17)11-6-8-12(9-7-11)20(21,22)23/h2-9,16H,25H2,1H3/t16-/m0/s1. The van der Waals surface area contributed by atoms with Crippen LogP contribution in [0.5, 0.6) is 0 Å². The van der Waals surface area contributed by atoms with E-state index < -0.39 is 27.7 Å². The summed E-state index contributed by atoms with van der Waals surface area (Å²) >= 11 is 0. The van der Waals surface area contributed by atoms with Gasteiger partial charge >= 0.3 is 6.18 Å². The summed E-state index contributed by atoms with van der Waals surface area (Å²) in [6.07, 6.45) is -4.55. The largest absolute Gasteiger partial charge is 0.439 e. The van der Waals surface area contributed by atoms with Crippen molar-refractivity contribution >= 4 is 21.5 Å². The number of halogens is 3. The van der Waals surface area contributed by atoms with Crippen molar-refractivity contribution in [2.45, 2.75) is 12.1 Å². The Morgan fingerprint density at radius 1 is 1.13 bits per heavy atom. The van der Waals surface area contributed by atoms with Crippen molar-refractivity contribution in [2.24, 2.45) is 5.73 Å². The smallest absolute Gasteiger partial charge is 0.416 e. The van der Waals surface area contributed by atoms with Gasteiger partial charge in [0, 0.05) is 12.6 Å². The zero-order chi connectivity index (χ0) is 21.8. The van der Waals surface area contributed by atoms with E-state index in [2.05, 4.69) is 0 Å². The molecule has 2 heterocycles. The number of para-hydroxylation sites is 1. The minimum Gasteiger partial charge on any atom is -0.439 e. The molecular weight excluding hydrogens is 419 g/mol. The third-order valence-corrected chi connectivity index (χ3v) is 6.96. The van der Waals surface area contributed by atoms with E-state index in [0.717, 1.165) is 28.6 Å². The van der Waals surface area contributed by atoms with E-state index in [9.17, 15) is 26.9 Å². The predicted molar refractivity (Wildman–Crippen MR) is 103 cm³/mol. The fraction of sp³-hybridized carbons (Fsp3) is 0.150. The average Bonchev–Trinajstić information content (AvgIpc) is 2.71. The summed E-state index contributed by atoms with van der Waals surface area (Å²) < 4.78 is 72.1. The van der Waals surface area contributed by atoms with E-state index >= 15 is 0 Å². The quantitative estimate of drug-likeness (QED) is 0.740. The zero-order valence-corrected chi connectivity index (χ0v) is 16.3. The lowest BCUT2D eigenvalue weighted by atomic mass is 9.88. The molecule has 2 aromatic carbocycles. The molecule has 0 unspecified atom stereocenters. The molecule has 0 aromatic heterocycles. The number of nitrogens with zero attached hydrogens (tertiary/aromatic N) is 2. The summed E-state index contributed by atoms with van der Waals surface area (Å²) in [6, 6.07) is 12.4. The highest BCUT2D eigenvalue weighted by atomic mass is 32.2. The van der Waals surface area contributed by atoms with E-state index in [1.807, 2.05) is 6.07 Å². The molecule has 0 aliphatic carbocycles. The van der Waals surface area contributed by atoms with Gasteiger partial charge in [-0.2, -0.15) is 18.4 Å². The minimum absolute atomic E-state index is 0.0369. The number of ether oxygens (including phenoxy) is 1. The molecule has 0 radical (unpaired) electrons. The van der Waals surface area contributed by atoms with Crippen LogP contribution >= 0.6 is 0 Å². The van der Waals surface area contributed by atoms with Crippen molar-refractivity contribution in [3.05, 3.63) is 81.6 Å². The molecule has 1 atom stereocenters. The molecule has 4 rings (SSSR count). The van der Waals surface area contributed by atoms with Crippen molar-refractivity contribution in [1.29, 1.82) is 5.26 Å². The van der Waals surface area contributed by atoms with Crippen molar-refractivity contribution in [1.82, 2.24) is 0 Å². The molecule has 0 fully saturated rings. The van der Waals surface area contributed by atoms with E-state index in [-0.39, 0.29) is 27.7 Å². The molecule has 154 valence electrons. The second-order valence-corrected chi connectivity index (χ2v) is 8.67. The van der Waals surface area contributed by atoms with Gasteiger partial charge in [0.05, 0.1) is 17.2 Å². The normalized spacial score (nSPS) is 20.2. The maximum atomic E-state index is 13.3. The molecule has 2 aromatic rings. The second-order valence-electron chi connectivity index (χ2n) is 6.73. The molecule has 30 heavy (non-hydrogen) atoms. The molecule has 0 bridgehead atoms. The monoisotopic (exact) mass is 433 g/mol. The molecule has 2 N–H and O–H groups in total. The maximum absolute atomic E-state index is 13.3. The Hall–Kier alpha value is -3.45. The van der Waals surface area contributed by atoms with Crippen molar-refractivity contribution in [2.75, 3.05) is 11.4 Å². The lowest BCUT2D eigenvalue weighted by molar-refractivity contribution is -0.137. The van der Waals surface area contributed by atoms with Crippen LogP contribution < -0.4 is 10.0 Å². The Kier molecular flexibility index (Phi) is 4.32. The summed E-state index contributed by atoms with van der Waals surface area (Å²) in [7, 11) is -2.80. The van der Waals surface area contributed by atoms with Gasteiger partial charge in [0.25, 0.3) is 10.0 Å². The van der Waals surface area contributed by atoms with Crippen LogP contribution in [0, 0.1) is 11.3 Å².